The fourth-order valence-corrected chi connectivity index (χ4v) is 3.05. The Balaban J connectivity index is 1.92. The molecule has 1 heterocycles. The van der Waals surface area contributed by atoms with Crippen molar-refractivity contribution in [3.05, 3.63) is 59.2 Å². The van der Waals surface area contributed by atoms with Gasteiger partial charge < -0.3 is 9.84 Å². The Morgan fingerprint density at radius 2 is 1.95 bits per heavy atom. The topological polar surface area (TPSA) is 32.7 Å². The van der Waals surface area contributed by atoms with Gasteiger partial charge in [-0.15, -0.1) is 0 Å². The van der Waals surface area contributed by atoms with E-state index in [2.05, 4.69) is 24.1 Å². The smallest absolute Gasteiger partial charge is 0.119 e. The van der Waals surface area contributed by atoms with Gasteiger partial charge >= 0.3 is 0 Å². The summed E-state index contributed by atoms with van der Waals surface area (Å²) in [6.07, 6.45) is 2.03. The SMILES string of the molecule is COc1ccc2c(c1)C(Cc1ccc(O)cc1)N(C)CC2. The number of aromatic hydroxyl groups is 1. The van der Waals surface area contributed by atoms with Crippen molar-refractivity contribution in [2.75, 3.05) is 20.7 Å². The van der Waals surface area contributed by atoms with Crippen LogP contribution in [-0.2, 0) is 12.8 Å². The predicted octanol–water partition coefficient (Wildman–Crippen LogP) is 3.17. The van der Waals surface area contributed by atoms with Gasteiger partial charge in [-0.05, 0) is 60.8 Å². The van der Waals surface area contributed by atoms with Crippen LogP contribution in [0.4, 0.5) is 0 Å². The molecule has 1 aliphatic heterocycles. The minimum Gasteiger partial charge on any atom is -0.508 e. The summed E-state index contributed by atoms with van der Waals surface area (Å²) in [4.78, 5) is 2.40. The first-order valence-corrected chi connectivity index (χ1v) is 7.32. The molecule has 0 amide bonds. The molecule has 2 aromatic rings. The van der Waals surface area contributed by atoms with Gasteiger partial charge in [-0.25, -0.2) is 0 Å². The van der Waals surface area contributed by atoms with E-state index in [1.54, 1.807) is 19.2 Å². The van der Waals surface area contributed by atoms with E-state index in [4.69, 9.17) is 4.74 Å². The van der Waals surface area contributed by atoms with Gasteiger partial charge in [0.15, 0.2) is 0 Å². The van der Waals surface area contributed by atoms with Gasteiger partial charge in [0.2, 0.25) is 0 Å². The molecular weight excluding hydrogens is 262 g/mol. The molecule has 0 radical (unpaired) electrons. The lowest BCUT2D eigenvalue weighted by molar-refractivity contribution is 0.228. The second-order valence-corrected chi connectivity index (χ2v) is 5.68. The van der Waals surface area contributed by atoms with Crippen LogP contribution in [0.2, 0.25) is 0 Å². The Hall–Kier alpha value is -2.00. The molecule has 1 aliphatic rings. The molecule has 0 saturated carbocycles. The summed E-state index contributed by atoms with van der Waals surface area (Å²) >= 11 is 0. The zero-order valence-electron chi connectivity index (χ0n) is 12.5. The largest absolute Gasteiger partial charge is 0.508 e. The van der Waals surface area contributed by atoms with E-state index in [-0.39, 0.29) is 0 Å². The lowest BCUT2D eigenvalue weighted by atomic mass is 9.89. The molecule has 3 nitrogen and oxygen atoms in total. The average molecular weight is 283 g/mol. The Bertz CT molecular complexity index is 622. The zero-order valence-corrected chi connectivity index (χ0v) is 12.5. The Morgan fingerprint density at radius 3 is 2.67 bits per heavy atom. The molecule has 0 spiro atoms. The predicted molar refractivity (Wildman–Crippen MR) is 83.9 cm³/mol. The van der Waals surface area contributed by atoms with Gasteiger partial charge in [0, 0.05) is 12.6 Å². The summed E-state index contributed by atoms with van der Waals surface area (Å²) in [6.45, 7) is 1.07. The lowest BCUT2D eigenvalue weighted by Gasteiger charge is -2.35. The molecule has 2 aromatic carbocycles. The summed E-state index contributed by atoms with van der Waals surface area (Å²) in [5.41, 5.74) is 4.01. The standard InChI is InChI=1S/C18H21NO2/c1-19-10-9-14-5-8-16(21-2)12-17(14)18(19)11-13-3-6-15(20)7-4-13/h3-8,12,18,20H,9-11H2,1-2H3. The van der Waals surface area contributed by atoms with Crippen molar-refractivity contribution in [1.29, 1.82) is 0 Å². The number of rotatable bonds is 3. The molecule has 0 aromatic heterocycles. The van der Waals surface area contributed by atoms with Gasteiger partial charge in [-0.2, -0.15) is 0 Å². The van der Waals surface area contributed by atoms with Crippen molar-refractivity contribution in [3.8, 4) is 11.5 Å². The van der Waals surface area contributed by atoms with Crippen LogP contribution in [0.5, 0.6) is 11.5 Å². The number of phenolic OH excluding ortho intramolecular Hbond substituents is 1. The van der Waals surface area contributed by atoms with Crippen molar-refractivity contribution in [3.63, 3.8) is 0 Å². The van der Waals surface area contributed by atoms with E-state index in [0.29, 0.717) is 11.8 Å². The van der Waals surface area contributed by atoms with Crippen LogP contribution >= 0.6 is 0 Å². The number of ether oxygens (including phenoxy) is 1. The quantitative estimate of drug-likeness (QED) is 0.939. The fourth-order valence-electron chi connectivity index (χ4n) is 3.05. The van der Waals surface area contributed by atoms with Crippen LogP contribution < -0.4 is 4.74 Å². The minimum atomic E-state index is 0.317. The molecular formula is C18H21NO2. The third-order valence-electron chi connectivity index (χ3n) is 4.34. The molecule has 1 unspecified atom stereocenters. The highest BCUT2D eigenvalue weighted by atomic mass is 16.5. The van der Waals surface area contributed by atoms with Crippen LogP contribution in [0.15, 0.2) is 42.5 Å². The summed E-state index contributed by atoms with van der Waals surface area (Å²) in [5.74, 6) is 1.23. The van der Waals surface area contributed by atoms with Crippen LogP contribution in [0.1, 0.15) is 22.7 Å². The van der Waals surface area contributed by atoms with E-state index in [1.807, 2.05) is 18.2 Å². The molecule has 1 atom stereocenters. The Morgan fingerprint density at radius 1 is 1.19 bits per heavy atom. The van der Waals surface area contributed by atoms with Crippen molar-refractivity contribution in [2.24, 2.45) is 0 Å². The van der Waals surface area contributed by atoms with Gasteiger partial charge in [0.25, 0.3) is 0 Å². The number of hydrogen-bond donors (Lipinski definition) is 1. The first kappa shape index (κ1) is 14.0. The number of benzene rings is 2. The van der Waals surface area contributed by atoms with Gasteiger partial charge in [0.1, 0.15) is 11.5 Å². The zero-order chi connectivity index (χ0) is 14.8. The molecule has 0 fully saturated rings. The second kappa shape index (κ2) is 5.78. The highest BCUT2D eigenvalue weighted by Crippen LogP contribution is 2.34. The van der Waals surface area contributed by atoms with Crippen molar-refractivity contribution < 1.29 is 9.84 Å². The number of methoxy groups -OCH3 is 1. The van der Waals surface area contributed by atoms with Gasteiger partial charge in [-0.1, -0.05) is 18.2 Å². The number of likely N-dealkylation sites (N-methyl/N-ethyl adjacent to an activating group) is 1. The van der Waals surface area contributed by atoms with E-state index in [0.717, 1.165) is 25.1 Å². The van der Waals surface area contributed by atoms with Crippen LogP contribution in [0, 0.1) is 0 Å². The molecule has 110 valence electrons. The van der Waals surface area contributed by atoms with Crippen LogP contribution in [0.3, 0.4) is 0 Å². The van der Waals surface area contributed by atoms with Crippen molar-refractivity contribution >= 4 is 0 Å². The fraction of sp³-hybridized carbons (Fsp3) is 0.333. The normalized spacial score (nSPS) is 18.3. The van der Waals surface area contributed by atoms with E-state index in [9.17, 15) is 5.11 Å². The first-order valence-electron chi connectivity index (χ1n) is 7.32. The first-order chi connectivity index (χ1) is 10.2. The molecule has 0 saturated heterocycles. The number of fused-ring (bicyclic) bond motifs is 1. The van der Waals surface area contributed by atoms with Gasteiger partial charge in [0.05, 0.1) is 7.11 Å². The minimum absolute atomic E-state index is 0.317. The number of hydrogen-bond acceptors (Lipinski definition) is 3. The van der Waals surface area contributed by atoms with E-state index >= 15 is 0 Å². The molecule has 3 heteroatoms. The van der Waals surface area contributed by atoms with Crippen molar-refractivity contribution in [1.82, 2.24) is 4.90 Å². The molecule has 0 aliphatic carbocycles. The summed E-state index contributed by atoms with van der Waals surface area (Å²) < 4.78 is 5.38. The van der Waals surface area contributed by atoms with Crippen LogP contribution in [-0.4, -0.2) is 30.7 Å². The lowest BCUT2D eigenvalue weighted by Crippen LogP contribution is -2.33. The van der Waals surface area contributed by atoms with E-state index < -0.39 is 0 Å². The molecule has 0 bridgehead atoms. The third-order valence-corrected chi connectivity index (χ3v) is 4.34. The number of nitrogens with zero attached hydrogens (tertiary/aromatic N) is 1. The Kier molecular flexibility index (Phi) is 3.84. The maximum absolute atomic E-state index is 9.41. The summed E-state index contributed by atoms with van der Waals surface area (Å²) in [7, 11) is 3.89. The third kappa shape index (κ3) is 2.88. The van der Waals surface area contributed by atoms with Gasteiger partial charge in [-0.3, -0.25) is 4.90 Å². The maximum Gasteiger partial charge on any atom is 0.119 e. The molecule has 3 rings (SSSR count). The molecule has 1 N–H and O–H groups in total. The Labute approximate surface area is 125 Å². The van der Waals surface area contributed by atoms with E-state index in [1.165, 1.54) is 16.7 Å². The number of phenols is 1. The van der Waals surface area contributed by atoms with Crippen LogP contribution in [0.25, 0.3) is 0 Å². The maximum atomic E-state index is 9.41. The van der Waals surface area contributed by atoms with Crippen molar-refractivity contribution in [2.45, 2.75) is 18.9 Å². The highest BCUT2D eigenvalue weighted by Gasteiger charge is 2.25. The second-order valence-electron chi connectivity index (χ2n) is 5.68. The average Bonchev–Trinajstić information content (AvgIpc) is 2.51. The summed E-state index contributed by atoms with van der Waals surface area (Å²) in [6, 6.07) is 14.3. The molecule has 21 heavy (non-hydrogen) atoms. The monoisotopic (exact) mass is 283 g/mol. The summed E-state index contributed by atoms with van der Waals surface area (Å²) in [5, 5.41) is 9.41. The highest BCUT2D eigenvalue weighted by molar-refractivity contribution is 5.40.